The molecule has 40 heavy (non-hydrogen) atoms. The number of hydrogen-bond acceptors (Lipinski definition) is 5. The van der Waals surface area contributed by atoms with Crippen LogP contribution >= 0.6 is 0 Å². The highest BCUT2D eigenvalue weighted by Crippen LogP contribution is 2.28. The van der Waals surface area contributed by atoms with E-state index in [9.17, 15) is 18.0 Å². The first-order valence-electron chi connectivity index (χ1n) is 13.4. The van der Waals surface area contributed by atoms with E-state index in [1.54, 1.807) is 50.4 Å². The summed E-state index contributed by atoms with van der Waals surface area (Å²) in [6.07, 6.45) is 0.734. The van der Waals surface area contributed by atoms with Crippen molar-refractivity contribution < 1.29 is 22.7 Å². The van der Waals surface area contributed by atoms with Crippen LogP contribution in [0.1, 0.15) is 43.9 Å². The lowest BCUT2D eigenvalue weighted by Gasteiger charge is -2.33. The van der Waals surface area contributed by atoms with Crippen molar-refractivity contribution in [2.45, 2.75) is 64.6 Å². The van der Waals surface area contributed by atoms with E-state index in [0.717, 1.165) is 21.9 Å². The van der Waals surface area contributed by atoms with E-state index < -0.39 is 28.5 Å². The Kier molecular flexibility index (Phi) is 10.3. The highest BCUT2D eigenvalue weighted by Gasteiger charge is 2.33. The lowest BCUT2D eigenvalue weighted by molar-refractivity contribution is -0.139. The van der Waals surface area contributed by atoms with Gasteiger partial charge >= 0.3 is 0 Å². The van der Waals surface area contributed by atoms with Crippen molar-refractivity contribution in [3.8, 4) is 5.75 Å². The maximum atomic E-state index is 14.1. The summed E-state index contributed by atoms with van der Waals surface area (Å²) in [5, 5.41) is 2.94. The Morgan fingerprint density at radius 2 is 1.65 bits per heavy atom. The molecule has 0 saturated carbocycles. The van der Waals surface area contributed by atoms with Crippen LogP contribution in [0.15, 0.2) is 77.7 Å². The van der Waals surface area contributed by atoms with Gasteiger partial charge in [-0.05, 0) is 81.1 Å². The van der Waals surface area contributed by atoms with Crippen LogP contribution in [0, 0.1) is 13.8 Å². The predicted molar refractivity (Wildman–Crippen MR) is 158 cm³/mol. The molecule has 8 nitrogen and oxygen atoms in total. The van der Waals surface area contributed by atoms with Crippen LogP contribution in [0.25, 0.3) is 0 Å². The van der Waals surface area contributed by atoms with E-state index >= 15 is 0 Å². The molecule has 1 N–H and O–H groups in total. The molecule has 0 aliphatic rings. The van der Waals surface area contributed by atoms with Gasteiger partial charge in [-0.1, -0.05) is 49.4 Å². The first-order chi connectivity index (χ1) is 19.0. The first-order valence-corrected chi connectivity index (χ1v) is 14.8. The van der Waals surface area contributed by atoms with Crippen molar-refractivity contribution in [3.63, 3.8) is 0 Å². The molecule has 2 amide bonds. The second kappa shape index (κ2) is 13.5. The number of carbonyl (C=O) groups is 2. The molecule has 0 spiro atoms. The van der Waals surface area contributed by atoms with Crippen molar-refractivity contribution in [1.29, 1.82) is 0 Å². The summed E-state index contributed by atoms with van der Waals surface area (Å²) in [6.45, 7) is 8.81. The number of carbonyl (C=O) groups excluding carboxylic acids is 2. The van der Waals surface area contributed by atoms with Gasteiger partial charge in [0.25, 0.3) is 10.0 Å². The van der Waals surface area contributed by atoms with E-state index in [4.69, 9.17) is 4.74 Å². The first kappa shape index (κ1) is 30.7. The summed E-state index contributed by atoms with van der Waals surface area (Å²) in [5.74, 6) is -0.199. The molecule has 214 valence electrons. The number of ether oxygens (including phenoxy) is 1. The Labute approximate surface area is 238 Å². The van der Waals surface area contributed by atoms with Crippen LogP contribution in [-0.4, -0.2) is 50.9 Å². The maximum Gasteiger partial charge on any atom is 0.264 e. The largest absolute Gasteiger partial charge is 0.497 e. The summed E-state index contributed by atoms with van der Waals surface area (Å²) in [7, 11) is -2.55. The van der Waals surface area contributed by atoms with Crippen LogP contribution < -0.4 is 14.4 Å². The number of rotatable bonds is 12. The number of nitrogens with zero attached hydrogens (tertiary/aromatic N) is 2. The normalized spacial score (nSPS) is 12.8. The fourth-order valence-corrected chi connectivity index (χ4v) is 5.73. The Bertz CT molecular complexity index is 1430. The van der Waals surface area contributed by atoms with E-state index in [0.29, 0.717) is 17.0 Å². The van der Waals surface area contributed by atoms with E-state index in [1.807, 2.05) is 52.0 Å². The molecule has 3 rings (SSSR count). The topological polar surface area (TPSA) is 96.0 Å². The van der Waals surface area contributed by atoms with Gasteiger partial charge in [0, 0.05) is 12.6 Å². The van der Waals surface area contributed by atoms with Crippen molar-refractivity contribution in [2.24, 2.45) is 0 Å². The average Bonchev–Trinajstić information content (AvgIpc) is 2.95. The number of aryl methyl sites for hydroxylation is 2. The van der Waals surface area contributed by atoms with Crippen molar-refractivity contribution in [2.75, 3.05) is 18.0 Å². The van der Waals surface area contributed by atoms with Crippen LogP contribution in [-0.2, 0) is 26.2 Å². The number of sulfonamides is 1. The minimum atomic E-state index is -4.11. The standard InChI is InChI=1S/C31H39N3O5S/c1-7-24(4)32-31(36)25(5)33(20-26-12-11-13-27(19-26)39-6)30(35)21-34(29-18-22(2)16-17-23(29)3)40(37,38)28-14-9-8-10-15-28/h8-19,24-25H,7,20-21H2,1-6H3,(H,32,36). The molecule has 0 fully saturated rings. The zero-order valence-electron chi connectivity index (χ0n) is 24.0. The highest BCUT2D eigenvalue weighted by atomic mass is 32.2. The van der Waals surface area contributed by atoms with E-state index in [1.165, 1.54) is 17.0 Å². The highest BCUT2D eigenvalue weighted by molar-refractivity contribution is 7.92. The zero-order chi connectivity index (χ0) is 29.4. The Balaban J connectivity index is 2.06. The van der Waals surface area contributed by atoms with Crippen LogP contribution in [0.4, 0.5) is 5.69 Å². The number of methoxy groups -OCH3 is 1. The Hall–Kier alpha value is -3.85. The third kappa shape index (κ3) is 7.41. The summed E-state index contributed by atoms with van der Waals surface area (Å²) >= 11 is 0. The number of hydrogen-bond donors (Lipinski definition) is 1. The van der Waals surface area contributed by atoms with Gasteiger partial charge in [0.15, 0.2) is 0 Å². The summed E-state index contributed by atoms with van der Waals surface area (Å²) in [5.41, 5.74) is 2.73. The fraction of sp³-hybridized carbons (Fsp3) is 0.355. The Morgan fingerprint density at radius 1 is 0.950 bits per heavy atom. The summed E-state index contributed by atoms with van der Waals surface area (Å²) < 4.78 is 34.4. The van der Waals surface area contributed by atoms with Gasteiger partial charge in [0.1, 0.15) is 18.3 Å². The van der Waals surface area contributed by atoms with Gasteiger partial charge < -0.3 is 15.0 Å². The van der Waals surface area contributed by atoms with Gasteiger partial charge in [0.05, 0.1) is 17.7 Å². The van der Waals surface area contributed by atoms with Crippen molar-refractivity contribution in [1.82, 2.24) is 10.2 Å². The molecular weight excluding hydrogens is 526 g/mol. The van der Waals surface area contributed by atoms with Gasteiger partial charge in [-0.3, -0.25) is 13.9 Å². The molecule has 0 aromatic heterocycles. The fourth-order valence-electron chi connectivity index (χ4n) is 4.24. The van der Waals surface area contributed by atoms with E-state index in [-0.39, 0.29) is 23.4 Å². The molecule has 3 aromatic rings. The Morgan fingerprint density at radius 3 is 2.30 bits per heavy atom. The van der Waals surface area contributed by atoms with Crippen LogP contribution in [0.3, 0.4) is 0 Å². The molecule has 0 bridgehead atoms. The molecule has 2 atom stereocenters. The number of benzene rings is 3. The molecule has 2 unspecified atom stereocenters. The molecule has 0 aliphatic heterocycles. The zero-order valence-corrected chi connectivity index (χ0v) is 24.9. The van der Waals surface area contributed by atoms with Crippen molar-refractivity contribution >= 4 is 27.5 Å². The molecule has 3 aromatic carbocycles. The molecule has 0 saturated heterocycles. The minimum absolute atomic E-state index is 0.0746. The lowest BCUT2D eigenvalue weighted by atomic mass is 10.1. The van der Waals surface area contributed by atoms with Crippen molar-refractivity contribution in [3.05, 3.63) is 89.5 Å². The summed E-state index contributed by atoms with van der Waals surface area (Å²) in [4.78, 5) is 28.7. The SMILES string of the molecule is CCC(C)NC(=O)C(C)N(Cc1cccc(OC)c1)C(=O)CN(c1cc(C)ccc1C)S(=O)(=O)c1ccccc1. The van der Waals surface area contributed by atoms with Gasteiger partial charge in [-0.2, -0.15) is 0 Å². The second-order valence-electron chi connectivity index (χ2n) is 9.98. The lowest BCUT2D eigenvalue weighted by Crippen LogP contribution is -2.52. The quantitative estimate of drug-likeness (QED) is 0.339. The maximum absolute atomic E-state index is 14.1. The average molecular weight is 566 g/mol. The predicted octanol–water partition coefficient (Wildman–Crippen LogP) is 4.84. The third-order valence-corrected chi connectivity index (χ3v) is 8.67. The summed E-state index contributed by atoms with van der Waals surface area (Å²) in [6, 6.07) is 19.8. The third-order valence-electron chi connectivity index (χ3n) is 6.90. The molecule has 9 heteroatoms. The number of nitrogens with one attached hydrogen (secondary N) is 1. The minimum Gasteiger partial charge on any atom is -0.497 e. The van der Waals surface area contributed by atoms with Gasteiger partial charge in [-0.25, -0.2) is 8.42 Å². The van der Waals surface area contributed by atoms with Crippen LogP contribution in [0.5, 0.6) is 5.75 Å². The smallest absolute Gasteiger partial charge is 0.264 e. The van der Waals surface area contributed by atoms with Gasteiger partial charge in [-0.15, -0.1) is 0 Å². The monoisotopic (exact) mass is 565 g/mol. The molecule has 0 heterocycles. The molecule has 0 aliphatic carbocycles. The number of anilines is 1. The van der Waals surface area contributed by atoms with Crippen LogP contribution in [0.2, 0.25) is 0 Å². The molecular formula is C31H39N3O5S. The molecule has 0 radical (unpaired) electrons. The van der Waals surface area contributed by atoms with Gasteiger partial charge in [0.2, 0.25) is 11.8 Å². The number of amides is 2. The van der Waals surface area contributed by atoms with E-state index in [2.05, 4.69) is 5.32 Å². The second-order valence-corrected chi connectivity index (χ2v) is 11.8.